The van der Waals surface area contributed by atoms with E-state index in [0.29, 0.717) is 11.5 Å². The Bertz CT molecular complexity index is 1070. The number of fused-ring (bicyclic) bond motifs is 1. The van der Waals surface area contributed by atoms with Crippen LogP contribution in [0, 0.1) is 6.92 Å². The molecule has 0 spiro atoms. The standard InChI is InChI=1S/C19H17N5O4/c1-11-21-17(28-23-11)10-20-16(25)9-14-18(26)24(19(27)22-14)15-8-4-6-12-5-2-3-7-13(12)15/h2-8,14H,9-10H2,1H3,(H,20,25)(H,22,27)/t14-/m1/s1. The Morgan fingerprint density at radius 3 is 2.79 bits per heavy atom. The summed E-state index contributed by atoms with van der Waals surface area (Å²) in [5.74, 6) is -0.141. The number of aryl methyl sites for hydroxylation is 1. The number of carbonyl (C=O) groups excluding carboxylic acids is 3. The van der Waals surface area contributed by atoms with Gasteiger partial charge in [0, 0.05) is 5.39 Å². The van der Waals surface area contributed by atoms with E-state index in [4.69, 9.17) is 4.52 Å². The lowest BCUT2D eigenvalue weighted by Gasteiger charge is -2.15. The number of urea groups is 1. The minimum atomic E-state index is -0.934. The molecule has 1 atom stereocenters. The van der Waals surface area contributed by atoms with Gasteiger partial charge in [0.25, 0.3) is 5.91 Å². The third-order valence-electron chi connectivity index (χ3n) is 4.42. The Morgan fingerprint density at radius 1 is 1.21 bits per heavy atom. The van der Waals surface area contributed by atoms with Crippen LogP contribution in [0.15, 0.2) is 47.0 Å². The number of carbonyl (C=O) groups is 3. The highest BCUT2D eigenvalue weighted by Crippen LogP contribution is 2.29. The zero-order valence-corrected chi connectivity index (χ0v) is 15.0. The number of aromatic nitrogens is 2. The Hall–Kier alpha value is -3.75. The number of benzene rings is 2. The van der Waals surface area contributed by atoms with Gasteiger partial charge in [0.1, 0.15) is 6.04 Å². The van der Waals surface area contributed by atoms with Crippen molar-refractivity contribution in [2.45, 2.75) is 25.9 Å². The largest absolute Gasteiger partial charge is 0.347 e. The van der Waals surface area contributed by atoms with Crippen molar-refractivity contribution in [1.29, 1.82) is 0 Å². The highest BCUT2D eigenvalue weighted by molar-refractivity contribution is 6.24. The first-order chi connectivity index (χ1) is 13.5. The van der Waals surface area contributed by atoms with Crippen molar-refractivity contribution in [2.75, 3.05) is 4.90 Å². The van der Waals surface area contributed by atoms with Gasteiger partial charge in [-0.15, -0.1) is 0 Å². The van der Waals surface area contributed by atoms with Crippen LogP contribution >= 0.6 is 0 Å². The summed E-state index contributed by atoms with van der Waals surface area (Å²) in [6.45, 7) is 1.73. The molecule has 4 rings (SSSR count). The van der Waals surface area contributed by atoms with Gasteiger partial charge in [0.05, 0.1) is 18.7 Å². The summed E-state index contributed by atoms with van der Waals surface area (Å²) in [6.07, 6.45) is -0.182. The summed E-state index contributed by atoms with van der Waals surface area (Å²) in [4.78, 5) is 42.5. The number of anilines is 1. The predicted molar refractivity (Wildman–Crippen MR) is 99.3 cm³/mol. The fourth-order valence-corrected chi connectivity index (χ4v) is 3.14. The van der Waals surface area contributed by atoms with Crippen molar-refractivity contribution < 1.29 is 18.9 Å². The minimum absolute atomic E-state index is 0.0571. The first-order valence-corrected chi connectivity index (χ1v) is 8.71. The molecule has 1 aliphatic heterocycles. The Kier molecular flexibility index (Phi) is 4.48. The fourth-order valence-electron chi connectivity index (χ4n) is 3.14. The predicted octanol–water partition coefficient (Wildman–Crippen LogP) is 1.66. The minimum Gasteiger partial charge on any atom is -0.347 e. The van der Waals surface area contributed by atoms with E-state index in [1.807, 2.05) is 30.3 Å². The van der Waals surface area contributed by atoms with Crippen molar-refractivity contribution in [3.05, 3.63) is 54.2 Å². The van der Waals surface area contributed by atoms with Gasteiger partial charge in [0.2, 0.25) is 11.8 Å². The van der Waals surface area contributed by atoms with Gasteiger partial charge in [-0.3, -0.25) is 9.59 Å². The maximum Gasteiger partial charge on any atom is 0.329 e. The first kappa shape index (κ1) is 17.7. The van der Waals surface area contributed by atoms with Crippen LogP contribution in [0.25, 0.3) is 10.8 Å². The monoisotopic (exact) mass is 379 g/mol. The molecule has 2 aromatic carbocycles. The number of nitrogens with one attached hydrogen (secondary N) is 2. The Morgan fingerprint density at radius 2 is 2.00 bits per heavy atom. The van der Waals surface area contributed by atoms with E-state index in [1.165, 1.54) is 0 Å². The number of imide groups is 1. The smallest absolute Gasteiger partial charge is 0.329 e. The lowest BCUT2D eigenvalue weighted by Crippen LogP contribution is -2.36. The number of rotatable bonds is 5. The summed E-state index contributed by atoms with van der Waals surface area (Å²) in [5.41, 5.74) is 0.491. The molecule has 9 heteroatoms. The summed E-state index contributed by atoms with van der Waals surface area (Å²) in [6, 6.07) is 11.4. The van der Waals surface area contributed by atoms with Crippen molar-refractivity contribution in [1.82, 2.24) is 20.8 Å². The molecule has 0 bridgehead atoms. The molecular formula is C19H17N5O4. The van der Waals surface area contributed by atoms with Crippen LogP contribution < -0.4 is 15.5 Å². The molecule has 4 amide bonds. The molecule has 0 unspecified atom stereocenters. The number of nitrogens with zero attached hydrogens (tertiary/aromatic N) is 3. The second-order valence-corrected chi connectivity index (χ2v) is 6.39. The molecule has 1 saturated heterocycles. The third-order valence-corrected chi connectivity index (χ3v) is 4.42. The van der Waals surface area contributed by atoms with Gasteiger partial charge in [-0.2, -0.15) is 4.98 Å². The van der Waals surface area contributed by atoms with Gasteiger partial charge in [-0.1, -0.05) is 41.6 Å². The SMILES string of the molecule is Cc1noc(CNC(=O)C[C@H]2NC(=O)N(c3cccc4ccccc34)C2=O)n1. The topological polar surface area (TPSA) is 117 Å². The number of hydrogen-bond donors (Lipinski definition) is 2. The highest BCUT2D eigenvalue weighted by atomic mass is 16.5. The first-order valence-electron chi connectivity index (χ1n) is 8.71. The summed E-state index contributed by atoms with van der Waals surface area (Å²) < 4.78 is 4.92. The van der Waals surface area contributed by atoms with Crippen LogP contribution in [0.5, 0.6) is 0 Å². The van der Waals surface area contributed by atoms with Crippen LogP contribution in [0.1, 0.15) is 18.1 Å². The molecule has 0 saturated carbocycles. The third kappa shape index (κ3) is 3.29. The molecule has 0 radical (unpaired) electrons. The zero-order chi connectivity index (χ0) is 19.7. The Labute approximate surface area is 159 Å². The molecule has 0 aliphatic carbocycles. The van der Waals surface area contributed by atoms with E-state index >= 15 is 0 Å². The second-order valence-electron chi connectivity index (χ2n) is 6.39. The molecule has 142 valence electrons. The summed E-state index contributed by atoms with van der Waals surface area (Å²) in [7, 11) is 0. The van der Waals surface area contributed by atoms with Crippen molar-refractivity contribution >= 4 is 34.3 Å². The van der Waals surface area contributed by atoms with Gasteiger partial charge >= 0.3 is 6.03 Å². The van der Waals surface area contributed by atoms with E-state index in [0.717, 1.165) is 15.7 Å². The molecule has 28 heavy (non-hydrogen) atoms. The average Bonchev–Trinajstić information content (AvgIpc) is 3.22. The molecule has 2 heterocycles. The van der Waals surface area contributed by atoms with E-state index in [-0.39, 0.29) is 18.9 Å². The maximum absolute atomic E-state index is 12.8. The highest BCUT2D eigenvalue weighted by Gasteiger charge is 2.40. The van der Waals surface area contributed by atoms with E-state index < -0.39 is 23.9 Å². The lowest BCUT2D eigenvalue weighted by atomic mass is 10.1. The summed E-state index contributed by atoms with van der Waals surface area (Å²) in [5, 5.41) is 10.5. The molecule has 3 aromatic rings. The van der Waals surface area contributed by atoms with Crippen LogP contribution in [0.4, 0.5) is 10.5 Å². The Balaban J connectivity index is 1.47. The second kappa shape index (κ2) is 7.10. The maximum atomic E-state index is 12.8. The van der Waals surface area contributed by atoms with Gasteiger partial charge in [0.15, 0.2) is 5.82 Å². The quantitative estimate of drug-likeness (QED) is 0.651. The zero-order valence-electron chi connectivity index (χ0n) is 15.0. The van der Waals surface area contributed by atoms with Gasteiger partial charge < -0.3 is 15.2 Å². The van der Waals surface area contributed by atoms with Crippen molar-refractivity contribution in [2.24, 2.45) is 0 Å². The number of amides is 4. The van der Waals surface area contributed by atoms with Crippen LogP contribution in [0.3, 0.4) is 0 Å². The average molecular weight is 379 g/mol. The molecular weight excluding hydrogens is 362 g/mol. The lowest BCUT2D eigenvalue weighted by molar-refractivity contribution is -0.125. The molecule has 9 nitrogen and oxygen atoms in total. The van der Waals surface area contributed by atoms with Crippen LogP contribution in [-0.4, -0.2) is 34.0 Å². The van der Waals surface area contributed by atoms with Crippen molar-refractivity contribution in [3.8, 4) is 0 Å². The van der Waals surface area contributed by atoms with E-state index in [1.54, 1.807) is 19.1 Å². The van der Waals surface area contributed by atoms with E-state index in [2.05, 4.69) is 20.8 Å². The normalized spacial score (nSPS) is 16.5. The molecule has 2 N–H and O–H groups in total. The van der Waals surface area contributed by atoms with Gasteiger partial charge in [-0.25, -0.2) is 9.69 Å². The van der Waals surface area contributed by atoms with E-state index in [9.17, 15) is 14.4 Å². The molecule has 1 aliphatic rings. The molecule has 1 aromatic heterocycles. The van der Waals surface area contributed by atoms with Crippen LogP contribution in [0.2, 0.25) is 0 Å². The fraction of sp³-hybridized carbons (Fsp3) is 0.211. The van der Waals surface area contributed by atoms with Gasteiger partial charge in [-0.05, 0) is 18.4 Å². The van der Waals surface area contributed by atoms with Crippen LogP contribution in [-0.2, 0) is 16.1 Å². The summed E-state index contributed by atoms with van der Waals surface area (Å²) >= 11 is 0. The molecule has 1 fully saturated rings. The van der Waals surface area contributed by atoms with Crippen molar-refractivity contribution in [3.63, 3.8) is 0 Å². The number of hydrogen-bond acceptors (Lipinski definition) is 6.